The Morgan fingerprint density at radius 1 is 1.32 bits per heavy atom. The van der Waals surface area contributed by atoms with E-state index in [2.05, 4.69) is 6.07 Å². The van der Waals surface area contributed by atoms with Gasteiger partial charge in [-0.2, -0.15) is 5.26 Å². The van der Waals surface area contributed by atoms with Gasteiger partial charge in [0.25, 0.3) is 5.56 Å². The van der Waals surface area contributed by atoms with Crippen molar-refractivity contribution in [2.45, 2.75) is 43.5 Å². The van der Waals surface area contributed by atoms with E-state index in [1.807, 2.05) is 38.1 Å². The molecule has 4 rings (SSSR count). The number of hydrogen-bond acceptors (Lipinski definition) is 5. The summed E-state index contributed by atoms with van der Waals surface area (Å²) < 4.78 is 1.67. The molecule has 0 amide bonds. The number of benzene rings is 1. The van der Waals surface area contributed by atoms with Crippen LogP contribution in [0.4, 0.5) is 0 Å². The molecule has 6 heteroatoms. The molecule has 2 aromatic heterocycles. The van der Waals surface area contributed by atoms with Crippen molar-refractivity contribution >= 4 is 33.3 Å². The van der Waals surface area contributed by atoms with E-state index < -0.39 is 0 Å². The van der Waals surface area contributed by atoms with Crippen molar-refractivity contribution in [3.63, 3.8) is 0 Å². The molecule has 126 valence electrons. The van der Waals surface area contributed by atoms with Gasteiger partial charge in [-0.1, -0.05) is 29.5 Å². The van der Waals surface area contributed by atoms with Gasteiger partial charge in [0.05, 0.1) is 22.4 Å². The van der Waals surface area contributed by atoms with Crippen molar-refractivity contribution in [1.82, 2.24) is 9.55 Å². The SMILES string of the molecule is Cc1ccc(-n2c(S[C@H](C)C#N)nc3sc4c(c3c2=O)CCC4)cc1. The lowest BCUT2D eigenvalue weighted by atomic mass is 10.2. The van der Waals surface area contributed by atoms with Crippen LogP contribution in [-0.4, -0.2) is 14.8 Å². The van der Waals surface area contributed by atoms with Crippen molar-refractivity contribution in [3.05, 3.63) is 50.6 Å². The number of nitrogens with zero attached hydrogens (tertiary/aromatic N) is 3. The van der Waals surface area contributed by atoms with Gasteiger partial charge < -0.3 is 0 Å². The number of hydrogen-bond donors (Lipinski definition) is 0. The second-order valence-electron chi connectivity index (χ2n) is 6.30. The molecular formula is C19H17N3OS2. The number of aryl methyl sites for hydroxylation is 3. The molecule has 1 aliphatic carbocycles. The fourth-order valence-corrected chi connectivity index (χ4v) is 5.33. The van der Waals surface area contributed by atoms with Gasteiger partial charge in [0, 0.05) is 4.88 Å². The first-order valence-corrected chi connectivity index (χ1v) is 9.98. The van der Waals surface area contributed by atoms with Crippen LogP contribution in [0, 0.1) is 18.3 Å². The summed E-state index contributed by atoms with van der Waals surface area (Å²) in [6.45, 7) is 3.85. The number of nitriles is 1. The number of thioether (sulfide) groups is 1. The van der Waals surface area contributed by atoms with Gasteiger partial charge in [0.2, 0.25) is 0 Å². The Balaban J connectivity index is 2.01. The minimum Gasteiger partial charge on any atom is -0.268 e. The van der Waals surface area contributed by atoms with Gasteiger partial charge in [0.15, 0.2) is 5.16 Å². The molecule has 0 spiro atoms. The normalized spacial score (nSPS) is 14.4. The van der Waals surface area contributed by atoms with Crippen LogP contribution in [0.2, 0.25) is 0 Å². The lowest BCUT2D eigenvalue weighted by Crippen LogP contribution is -2.22. The molecule has 0 fully saturated rings. The summed E-state index contributed by atoms with van der Waals surface area (Å²) in [5.74, 6) is 0. The summed E-state index contributed by atoms with van der Waals surface area (Å²) in [6.07, 6.45) is 3.11. The Kier molecular flexibility index (Phi) is 4.14. The van der Waals surface area contributed by atoms with Gasteiger partial charge in [-0.3, -0.25) is 9.36 Å². The highest BCUT2D eigenvalue weighted by Gasteiger charge is 2.24. The van der Waals surface area contributed by atoms with Gasteiger partial charge in [-0.25, -0.2) is 4.98 Å². The quantitative estimate of drug-likeness (QED) is 0.513. The molecule has 1 aromatic carbocycles. The summed E-state index contributed by atoms with van der Waals surface area (Å²) in [5, 5.41) is 10.3. The van der Waals surface area contributed by atoms with E-state index in [1.54, 1.807) is 15.9 Å². The second-order valence-corrected chi connectivity index (χ2v) is 8.69. The first-order valence-electron chi connectivity index (χ1n) is 8.29. The van der Waals surface area contributed by atoms with Gasteiger partial charge in [-0.15, -0.1) is 11.3 Å². The van der Waals surface area contributed by atoms with Crippen LogP contribution in [0.3, 0.4) is 0 Å². The minimum atomic E-state index is -0.271. The average molecular weight is 367 g/mol. The maximum atomic E-state index is 13.4. The molecule has 0 saturated carbocycles. The van der Waals surface area contributed by atoms with Gasteiger partial charge in [0.1, 0.15) is 4.83 Å². The van der Waals surface area contributed by atoms with E-state index >= 15 is 0 Å². The molecule has 0 unspecified atom stereocenters. The Morgan fingerprint density at radius 2 is 2.08 bits per heavy atom. The molecule has 0 aliphatic heterocycles. The van der Waals surface area contributed by atoms with Crippen molar-refractivity contribution in [2.75, 3.05) is 0 Å². The molecule has 0 N–H and O–H groups in total. The summed E-state index contributed by atoms with van der Waals surface area (Å²) in [6, 6.07) is 10.1. The molecule has 1 aliphatic rings. The Bertz CT molecular complexity index is 1060. The fourth-order valence-electron chi connectivity index (χ4n) is 3.21. The first kappa shape index (κ1) is 16.4. The van der Waals surface area contributed by atoms with Crippen molar-refractivity contribution in [2.24, 2.45) is 0 Å². The molecular weight excluding hydrogens is 350 g/mol. The fraction of sp³-hybridized carbons (Fsp3) is 0.316. The largest absolute Gasteiger partial charge is 0.268 e. The van der Waals surface area contributed by atoms with E-state index in [0.29, 0.717) is 5.16 Å². The maximum Gasteiger partial charge on any atom is 0.267 e. The Morgan fingerprint density at radius 3 is 2.80 bits per heavy atom. The summed E-state index contributed by atoms with van der Waals surface area (Å²) in [4.78, 5) is 20.2. The summed E-state index contributed by atoms with van der Waals surface area (Å²) in [7, 11) is 0. The van der Waals surface area contributed by atoms with Crippen LogP contribution in [0.1, 0.15) is 29.3 Å². The topological polar surface area (TPSA) is 58.7 Å². The molecule has 0 radical (unpaired) electrons. The highest BCUT2D eigenvalue weighted by Crippen LogP contribution is 2.36. The van der Waals surface area contributed by atoms with Crippen molar-refractivity contribution in [3.8, 4) is 11.8 Å². The van der Waals surface area contributed by atoms with Crippen LogP contribution < -0.4 is 5.56 Å². The standard InChI is InChI=1S/C19H17N3OS2/c1-11-6-8-13(9-7-11)22-18(23)16-14-4-3-5-15(14)25-17(16)21-19(22)24-12(2)10-20/h6-9,12H,3-5H2,1-2H3/t12-/m1/s1. The third-order valence-corrected chi connectivity index (χ3v) is 6.59. The summed E-state index contributed by atoms with van der Waals surface area (Å²) in [5.41, 5.74) is 3.11. The maximum absolute atomic E-state index is 13.4. The highest BCUT2D eigenvalue weighted by atomic mass is 32.2. The molecule has 0 saturated heterocycles. The third kappa shape index (κ3) is 2.78. The molecule has 0 bridgehead atoms. The zero-order valence-corrected chi connectivity index (χ0v) is 15.7. The molecule has 3 aromatic rings. The van der Waals surface area contributed by atoms with Crippen LogP contribution >= 0.6 is 23.1 Å². The zero-order chi connectivity index (χ0) is 17.6. The monoisotopic (exact) mass is 367 g/mol. The van der Waals surface area contributed by atoms with Crippen molar-refractivity contribution < 1.29 is 0 Å². The number of fused-ring (bicyclic) bond motifs is 3. The molecule has 2 heterocycles. The first-order chi connectivity index (χ1) is 12.1. The smallest absolute Gasteiger partial charge is 0.267 e. The van der Waals surface area contributed by atoms with Gasteiger partial charge in [-0.05, 0) is 50.8 Å². The lowest BCUT2D eigenvalue weighted by Gasteiger charge is -2.13. The second kappa shape index (κ2) is 6.32. The van der Waals surface area contributed by atoms with Gasteiger partial charge >= 0.3 is 0 Å². The van der Waals surface area contributed by atoms with Crippen LogP contribution in [0.15, 0.2) is 34.2 Å². The van der Waals surface area contributed by atoms with E-state index in [9.17, 15) is 10.1 Å². The summed E-state index contributed by atoms with van der Waals surface area (Å²) >= 11 is 2.97. The van der Waals surface area contributed by atoms with Crippen LogP contribution in [0.25, 0.3) is 15.9 Å². The van der Waals surface area contributed by atoms with Crippen LogP contribution in [0.5, 0.6) is 0 Å². The molecule has 4 nitrogen and oxygen atoms in total. The highest BCUT2D eigenvalue weighted by molar-refractivity contribution is 8.00. The van der Waals surface area contributed by atoms with E-state index in [0.717, 1.165) is 40.7 Å². The zero-order valence-electron chi connectivity index (χ0n) is 14.1. The van der Waals surface area contributed by atoms with E-state index in [4.69, 9.17) is 4.98 Å². The van der Waals surface area contributed by atoms with E-state index in [1.165, 1.54) is 22.2 Å². The number of thiophene rings is 1. The third-order valence-electron chi connectivity index (χ3n) is 4.46. The molecule has 25 heavy (non-hydrogen) atoms. The Hall–Kier alpha value is -2.10. The average Bonchev–Trinajstić information content (AvgIpc) is 3.16. The van der Waals surface area contributed by atoms with Crippen LogP contribution in [-0.2, 0) is 12.8 Å². The lowest BCUT2D eigenvalue weighted by molar-refractivity contribution is 0.818. The number of rotatable bonds is 3. The Labute approximate surface area is 154 Å². The molecule has 1 atom stereocenters. The van der Waals surface area contributed by atoms with Crippen molar-refractivity contribution in [1.29, 1.82) is 5.26 Å². The number of aromatic nitrogens is 2. The predicted molar refractivity (Wildman–Crippen MR) is 103 cm³/mol. The minimum absolute atomic E-state index is 0.0131. The predicted octanol–water partition coefficient (Wildman–Crippen LogP) is 4.25. The van der Waals surface area contributed by atoms with E-state index in [-0.39, 0.29) is 10.8 Å².